The lowest BCUT2D eigenvalue weighted by Gasteiger charge is -2.21. The maximum atomic E-state index is 11.2. The molecule has 2 aromatic carbocycles. The van der Waals surface area contributed by atoms with Gasteiger partial charge in [-0.3, -0.25) is 4.79 Å². The molecule has 0 aliphatic rings. The van der Waals surface area contributed by atoms with E-state index in [0.717, 1.165) is 11.3 Å². The van der Waals surface area contributed by atoms with E-state index >= 15 is 0 Å². The third kappa shape index (κ3) is 3.79. The molecule has 3 aromatic rings. The number of H-pyrrole nitrogens is 1. The number of aryl methyl sites for hydroxylation is 1. The van der Waals surface area contributed by atoms with Crippen LogP contribution in [-0.4, -0.2) is 15.9 Å². The van der Waals surface area contributed by atoms with Crippen LogP contribution < -0.4 is 5.32 Å². The number of aromatic nitrogens is 2. The minimum atomic E-state index is -0.0231. The minimum Gasteiger partial charge on any atom is -0.352 e. The normalized spacial score (nSPS) is 12.0. The number of aromatic amines is 1. The van der Waals surface area contributed by atoms with Crippen molar-refractivity contribution in [1.29, 1.82) is 0 Å². The van der Waals surface area contributed by atoms with Gasteiger partial charge in [0.05, 0.1) is 12.2 Å². The Bertz CT molecular complexity index is 869. The highest BCUT2D eigenvalue weighted by atomic mass is 16.1. The molecule has 0 spiro atoms. The Morgan fingerprint density at radius 2 is 2.00 bits per heavy atom. The molecule has 0 saturated carbocycles. The van der Waals surface area contributed by atoms with Gasteiger partial charge in [0.15, 0.2) is 0 Å². The zero-order valence-corrected chi connectivity index (χ0v) is 14.8. The molecule has 3 rings (SSSR count). The fraction of sp³-hybridized carbons (Fsp3) is 0.238. The first-order valence-electron chi connectivity index (χ1n) is 8.44. The van der Waals surface area contributed by atoms with Gasteiger partial charge in [-0.2, -0.15) is 0 Å². The molecule has 0 bridgehead atoms. The van der Waals surface area contributed by atoms with Crippen molar-refractivity contribution in [3.63, 3.8) is 0 Å². The topological polar surface area (TPSA) is 57.8 Å². The Morgan fingerprint density at radius 1 is 1.20 bits per heavy atom. The maximum Gasteiger partial charge on any atom is 0.217 e. The molecule has 1 aromatic heterocycles. The number of nitrogens with zero attached hydrogens (tertiary/aromatic N) is 1. The van der Waals surface area contributed by atoms with E-state index in [1.807, 2.05) is 18.3 Å². The molecule has 2 N–H and O–H groups in total. The molecule has 0 aliphatic carbocycles. The highest BCUT2D eigenvalue weighted by Crippen LogP contribution is 2.33. The lowest BCUT2D eigenvalue weighted by atomic mass is 9.84. The molecule has 0 radical (unpaired) electrons. The van der Waals surface area contributed by atoms with E-state index in [1.165, 1.54) is 29.2 Å². The molecule has 1 atom stereocenters. The van der Waals surface area contributed by atoms with E-state index in [2.05, 4.69) is 59.5 Å². The Labute approximate surface area is 148 Å². The number of imidazole rings is 1. The summed E-state index contributed by atoms with van der Waals surface area (Å²) in [6, 6.07) is 14.8. The first-order valence-corrected chi connectivity index (χ1v) is 8.44. The van der Waals surface area contributed by atoms with Gasteiger partial charge in [-0.25, -0.2) is 4.98 Å². The number of hydrogen-bond donors (Lipinski definition) is 2. The summed E-state index contributed by atoms with van der Waals surface area (Å²) < 4.78 is 0. The lowest BCUT2D eigenvalue weighted by Crippen LogP contribution is -2.19. The Balaban J connectivity index is 2.06. The van der Waals surface area contributed by atoms with Gasteiger partial charge >= 0.3 is 0 Å². The van der Waals surface area contributed by atoms with Gasteiger partial charge in [0.1, 0.15) is 0 Å². The van der Waals surface area contributed by atoms with Gasteiger partial charge in [-0.05, 0) is 41.7 Å². The molecule has 1 heterocycles. The number of carbonyl (C=O) groups excluding carboxylic acids is 1. The molecule has 4 nitrogen and oxygen atoms in total. The number of hydrogen-bond acceptors (Lipinski definition) is 2. The predicted octanol–water partition coefficient (Wildman–Crippen LogP) is 3.84. The minimum absolute atomic E-state index is 0.0231. The molecule has 25 heavy (non-hydrogen) atoms. The van der Waals surface area contributed by atoms with E-state index in [9.17, 15) is 4.79 Å². The summed E-state index contributed by atoms with van der Waals surface area (Å²) in [5.41, 5.74) is 7.15. The molecule has 0 aliphatic heterocycles. The lowest BCUT2D eigenvalue weighted by molar-refractivity contribution is -0.119. The van der Waals surface area contributed by atoms with Crippen molar-refractivity contribution in [2.75, 3.05) is 0 Å². The van der Waals surface area contributed by atoms with Gasteiger partial charge < -0.3 is 10.3 Å². The Morgan fingerprint density at radius 3 is 2.72 bits per heavy atom. The monoisotopic (exact) mass is 333 g/mol. The third-order valence-corrected chi connectivity index (χ3v) is 4.61. The van der Waals surface area contributed by atoms with E-state index in [4.69, 9.17) is 0 Å². The van der Waals surface area contributed by atoms with Crippen molar-refractivity contribution in [3.8, 4) is 0 Å². The first kappa shape index (κ1) is 17.0. The Hall–Kier alpha value is -2.88. The zero-order valence-electron chi connectivity index (χ0n) is 14.8. The van der Waals surface area contributed by atoms with E-state index in [-0.39, 0.29) is 11.8 Å². The molecule has 128 valence electrons. The zero-order chi connectivity index (χ0) is 17.8. The summed E-state index contributed by atoms with van der Waals surface area (Å²) in [6.07, 6.45) is 3.60. The first-order chi connectivity index (χ1) is 12.1. The van der Waals surface area contributed by atoms with Gasteiger partial charge in [0.2, 0.25) is 5.91 Å². The second kappa shape index (κ2) is 7.34. The third-order valence-electron chi connectivity index (χ3n) is 4.61. The maximum absolute atomic E-state index is 11.2. The highest BCUT2D eigenvalue weighted by Gasteiger charge is 2.20. The van der Waals surface area contributed by atoms with Gasteiger partial charge in [-0.15, -0.1) is 0 Å². The SMILES string of the molecule is CC(=O)NCc1cccc(C(c2cnc[nH]2)c2cccc(C)c2C)c1. The smallest absolute Gasteiger partial charge is 0.217 e. The summed E-state index contributed by atoms with van der Waals surface area (Å²) >= 11 is 0. The van der Waals surface area contributed by atoms with E-state index in [0.29, 0.717) is 6.54 Å². The summed E-state index contributed by atoms with van der Waals surface area (Å²) in [4.78, 5) is 18.7. The number of rotatable bonds is 5. The van der Waals surface area contributed by atoms with Crippen molar-refractivity contribution in [1.82, 2.24) is 15.3 Å². The second-order valence-corrected chi connectivity index (χ2v) is 6.38. The fourth-order valence-electron chi connectivity index (χ4n) is 3.15. The van der Waals surface area contributed by atoms with Gasteiger partial charge in [0.25, 0.3) is 0 Å². The average molecular weight is 333 g/mol. The molecule has 1 amide bonds. The second-order valence-electron chi connectivity index (χ2n) is 6.38. The molecule has 4 heteroatoms. The number of carbonyl (C=O) groups is 1. The van der Waals surface area contributed by atoms with Crippen LogP contribution in [0.15, 0.2) is 55.0 Å². The number of amides is 1. The van der Waals surface area contributed by atoms with Crippen molar-refractivity contribution in [2.45, 2.75) is 33.2 Å². The van der Waals surface area contributed by atoms with Gasteiger partial charge in [0, 0.05) is 25.4 Å². The van der Waals surface area contributed by atoms with Crippen LogP contribution in [0.25, 0.3) is 0 Å². The van der Waals surface area contributed by atoms with Crippen molar-refractivity contribution in [2.24, 2.45) is 0 Å². The van der Waals surface area contributed by atoms with Crippen LogP contribution in [0, 0.1) is 13.8 Å². The van der Waals surface area contributed by atoms with Crippen LogP contribution in [0.4, 0.5) is 0 Å². The quantitative estimate of drug-likeness (QED) is 0.745. The van der Waals surface area contributed by atoms with Crippen LogP contribution in [0.3, 0.4) is 0 Å². The van der Waals surface area contributed by atoms with Crippen LogP contribution >= 0.6 is 0 Å². The van der Waals surface area contributed by atoms with Crippen LogP contribution in [0.2, 0.25) is 0 Å². The summed E-state index contributed by atoms with van der Waals surface area (Å²) in [6.45, 7) is 6.37. The van der Waals surface area contributed by atoms with E-state index < -0.39 is 0 Å². The van der Waals surface area contributed by atoms with Gasteiger partial charge in [-0.1, -0.05) is 42.5 Å². The summed E-state index contributed by atoms with van der Waals surface area (Å²) in [5, 5.41) is 2.86. The molecule has 1 unspecified atom stereocenters. The average Bonchev–Trinajstić information content (AvgIpc) is 3.12. The molecular weight excluding hydrogens is 310 g/mol. The number of nitrogens with one attached hydrogen (secondary N) is 2. The highest BCUT2D eigenvalue weighted by molar-refractivity contribution is 5.72. The predicted molar refractivity (Wildman–Crippen MR) is 99.4 cm³/mol. The van der Waals surface area contributed by atoms with E-state index in [1.54, 1.807) is 6.33 Å². The summed E-state index contributed by atoms with van der Waals surface area (Å²) in [5.74, 6) is 0.0599. The van der Waals surface area contributed by atoms with Crippen molar-refractivity contribution < 1.29 is 4.79 Å². The summed E-state index contributed by atoms with van der Waals surface area (Å²) in [7, 11) is 0. The fourth-order valence-corrected chi connectivity index (χ4v) is 3.15. The van der Waals surface area contributed by atoms with Crippen LogP contribution in [0.5, 0.6) is 0 Å². The molecule has 0 fully saturated rings. The number of benzene rings is 2. The van der Waals surface area contributed by atoms with Crippen molar-refractivity contribution in [3.05, 3.63) is 88.5 Å². The molecule has 0 saturated heterocycles. The van der Waals surface area contributed by atoms with Crippen LogP contribution in [-0.2, 0) is 11.3 Å². The largest absolute Gasteiger partial charge is 0.352 e. The standard InChI is InChI=1S/C21H23N3O/c1-14-6-4-9-19(15(14)2)21(20-12-22-13-24-20)18-8-5-7-17(10-18)11-23-16(3)25/h4-10,12-13,21H,11H2,1-3H3,(H,22,24)(H,23,25). The van der Waals surface area contributed by atoms with Crippen molar-refractivity contribution >= 4 is 5.91 Å². The molecular formula is C21H23N3O. The Kier molecular flexibility index (Phi) is 4.98. The van der Waals surface area contributed by atoms with Crippen LogP contribution in [0.1, 0.15) is 46.4 Å².